The standard InChI is InChI=1S/C23H25F3N4O2/c1-3-16(2)30(13-17-6-4-8-19(10-17)23(24,25)26)14-21-29-20(15-32-21)22(31)28-12-18-7-5-9-27-11-18/h4-11,15-16H,3,12-14H2,1-2H3,(H,28,31). The molecule has 0 radical (unpaired) electrons. The fourth-order valence-corrected chi connectivity index (χ4v) is 3.14. The van der Waals surface area contributed by atoms with E-state index in [9.17, 15) is 18.0 Å². The van der Waals surface area contributed by atoms with Crippen molar-refractivity contribution >= 4 is 5.91 Å². The van der Waals surface area contributed by atoms with Gasteiger partial charge in [-0.25, -0.2) is 4.98 Å². The van der Waals surface area contributed by atoms with Crippen molar-refractivity contribution < 1.29 is 22.4 Å². The number of oxazole rings is 1. The van der Waals surface area contributed by atoms with Crippen molar-refractivity contribution in [2.75, 3.05) is 0 Å². The topological polar surface area (TPSA) is 71.3 Å². The number of halogens is 3. The van der Waals surface area contributed by atoms with Gasteiger partial charge in [-0.1, -0.05) is 31.2 Å². The molecule has 1 unspecified atom stereocenters. The van der Waals surface area contributed by atoms with Crippen LogP contribution in [0.3, 0.4) is 0 Å². The summed E-state index contributed by atoms with van der Waals surface area (Å²) in [5.41, 5.74) is 0.865. The van der Waals surface area contributed by atoms with Gasteiger partial charge >= 0.3 is 6.18 Å². The highest BCUT2D eigenvalue weighted by molar-refractivity contribution is 5.91. The van der Waals surface area contributed by atoms with E-state index >= 15 is 0 Å². The van der Waals surface area contributed by atoms with Crippen LogP contribution in [0.25, 0.3) is 0 Å². The third-order valence-corrected chi connectivity index (χ3v) is 5.15. The first-order valence-electron chi connectivity index (χ1n) is 10.3. The SMILES string of the molecule is CCC(C)N(Cc1cccc(C(F)(F)F)c1)Cc1nc(C(=O)NCc2cccnc2)co1. The van der Waals surface area contributed by atoms with E-state index in [0.717, 1.165) is 24.1 Å². The molecule has 0 spiro atoms. The zero-order valence-corrected chi connectivity index (χ0v) is 17.9. The summed E-state index contributed by atoms with van der Waals surface area (Å²) >= 11 is 0. The molecule has 0 saturated heterocycles. The maximum absolute atomic E-state index is 13.0. The van der Waals surface area contributed by atoms with Gasteiger partial charge in [0.15, 0.2) is 5.69 Å². The Morgan fingerprint density at radius 3 is 2.66 bits per heavy atom. The summed E-state index contributed by atoms with van der Waals surface area (Å²) in [5, 5.41) is 2.75. The highest BCUT2D eigenvalue weighted by atomic mass is 19.4. The van der Waals surface area contributed by atoms with Gasteiger partial charge in [0.2, 0.25) is 5.89 Å². The summed E-state index contributed by atoms with van der Waals surface area (Å²) in [5.74, 6) is -0.0550. The molecule has 1 amide bonds. The molecule has 2 heterocycles. The lowest BCUT2D eigenvalue weighted by atomic mass is 10.1. The summed E-state index contributed by atoms with van der Waals surface area (Å²) in [4.78, 5) is 22.6. The number of carbonyl (C=O) groups excluding carboxylic acids is 1. The monoisotopic (exact) mass is 446 g/mol. The molecule has 2 aromatic heterocycles. The van der Waals surface area contributed by atoms with Gasteiger partial charge in [0.05, 0.1) is 12.1 Å². The zero-order chi connectivity index (χ0) is 23.1. The maximum Gasteiger partial charge on any atom is 0.416 e. The molecular formula is C23H25F3N4O2. The van der Waals surface area contributed by atoms with Gasteiger partial charge in [0.25, 0.3) is 5.91 Å². The second-order valence-electron chi connectivity index (χ2n) is 7.53. The number of pyridine rings is 1. The molecular weight excluding hydrogens is 421 g/mol. The maximum atomic E-state index is 13.0. The number of aromatic nitrogens is 2. The number of hydrogen-bond donors (Lipinski definition) is 1. The highest BCUT2D eigenvalue weighted by Crippen LogP contribution is 2.30. The van der Waals surface area contributed by atoms with Crippen LogP contribution in [0.1, 0.15) is 53.3 Å². The number of alkyl halides is 3. The minimum absolute atomic E-state index is 0.0688. The zero-order valence-electron chi connectivity index (χ0n) is 17.9. The Labute approximate surface area is 184 Å². The predicted octanol–water partition coefficient (Wildman–Crippen LogP) is 4.82. The van der Waals surface area contributed by atoms with Crippen molar-refractivity contribution in [2.45, 2.75) is 52.1 Å². The van der Waals surface area contributed by atoms with Gasteiger partial charge in [0, 0.05) is 31.5 Å². The highest BCUT2D eigenvalue weighted by Gasteiger charge is 2.30. The summed E-state index contributed by atoms with van der Waals surface area (Å²) in [6.45, 7) is 4.85. The van der Waals surface area contributed by atoms with E-state index in [-0.39, 0.29) is 24.2 Å². The van der Waals surface area contributed by atoms with E-state index in [2.05, 4.69) is 15.3 Å². The van der Waals surface area contributed by atoms with Crippen LogP contribution in [-0.2, 0) is 25.8 Å². The molecule has 1 N–H and O–H groups in total. The van der Waals surface area contributed by atoms with Crippen molar-refractivity contribution in [3.8, 4) is 0 Å². The first kappa shape index (κ1) is 23.5. The fourth-order valence-electron chi connectivity index (χ4n) is 3.14. The van der Waals surface area contributed by atoms with Gasteiger partial charge in [-0.3, -0.25) is 14.7 Å². The first-order valence-corrected chi connectivity index (χ1v) is 10.3. The molecule has 32 heavy (non-hydrogen) atoms. The number of amides is 1. The van der Waals surface area contributed by atoms with Crippen LogP contribution in [0, 0.1) is 0 Å². The van der Waals surface area contributed by atoms with E-state index in [0.29, 0.717) is 24.5 Å². The van der Waals surface area contributed by atoms with Crippen molar-refractivity contribution in [2.24, 2.45) is 0 Å². The van der Waals surface area contributed by atoms with Crippen molar-refractivity contribution in [3.63, 3.8) is 0 Å². The average Bonchev–Trinajstić information content (AvgIpc) is 3.25. The molecule has 3 aromatic rings. The third-order valence-electron chi connectivity index (χ3n) is 5.15. The number of hydrogen-bond acceptors (Lipinski definition) is 5. The Morgan fingerprint density at radius 1 is 1.19 bits per heavy atom. The molecule has 3 rings (SSSR count). The van der Waals surface area contributed by atoms with Crippen LogP contribution < -0.4 is 5.32 Å². The molecule has 9 heteroatoms. The van der Waals surface area contributed by atoms with E-state index in [1.807, 2.05) is 24.8 Å². The van der Waals surface area contributed by atoms with E-state index in [1.165, 1.54) is 12.3 Å². The van der Waals surface area contributed by atoms with Gasteiger partial charge < -0.3 is 9.73 Å². The van der Waals surface area contributed by atoms with Gasteiger partial charge in [-0.05, 0) is 36.6 Å². The smallest absolute Gasteiger partial charge is 0.416 e. The predicted molar refractivity (Wildman–Crippen MR) is 112 cm³/mol. The van der Waals surface area contributed by atoms with Crippen LogP contribution in [0.4, 0.5) is 13.2 Å². The normalized spacial score (nSPS) is 12.7. The third kappa shape index (κ3) is 6.40. The summed E-state index contributed by atoms with van der Waals surface area (Å²) in [7, 11) is 0. The second-order valence-corrected chi connectivity index (χ2v) is 7.53. The van der Waals surface area contributed by atoms with Crippen molar-refractivity contribution in [1.82, 2.24) is 20.2 Å². The molecule has 0 fully saturated rings. The number of benzene rings is 1. The van der Waals surface area contributed by atoms with Crippen molar-refractivity contribution in [1.29, 1.82) is 0 Å². The fraction of sp³-hybridized carbons (Fsp3) is 0.348. The van der Waals surface area contributed by atoms with Gasteiger partial charge in [0.1, 0.15) is 6.26 Å². The van der Waals surface area contributed by atoms with Crippen LogP contribution in [-0.4, -0.2) is 26.8 Å². The molecule has 0 aliphatic carbocycles. The summed E-state index contributed by atoms with van der Waals surface area (Å²) in [6, 6.07) is 8.98. The Morgan fingerprint density at radius 2 is 1.97 bits per heavy atom. The Hall–Kier alpha value is -3.20. The second kappa shape index (κ2) is 10.4. The molecule has 170 valence electrons. The lowest BCUT2D eigenvalue weighted by Gasteiger charge is -2.27. The van der Waals surface area contributed by atoms with E-state index < -0.39 is 11.7 Å². The van der Waals surface area contributed by atoms with E-state index in [1.54, 1.807) is 24.5 Å². The molecule has 6 nitrogen and oxygen atoms in total. The lowest BCUT2D eigenvalue weighted by molar-refractivity contribution is -0.137. The Balaban J connectivity index is 1.66. The van der Waals surface area contributed by atoms with Crippen LogP contribution in [0.15, 0.2) is 59.5 Å². The number of rotatable bonds is 9. The minimum Gasteiger partial charge on any atom is -0.447 e. The molecule has 1 atom stereocenters. The quantitative estimate of drug-likeness (QED) is 0.510. The molecule has 1 aromatic carbocycles. The van der Waals surface area contributed by atoms with Gasteiger partial charge in [-0.2, -0.15) is 13.2 Å². The Bertz CT molecular complexity index is 1020. The van der Waals surface area contributed by atoms with Crippen LogP contribution in [0.2, 0.25) is 0 Å². The van der Waals surface area contributed by atoms with Crippen LogP contribution in [0.5, 0.6) is 0 Å². The van der Waals surface area contributed by atoms with E-state index in [4.69, 9.17) is 4.42 Å². The average molecular weight is 446 g/mol. The van der Waals surface area contributed by atoms with Crippen LogP contribution >= 0.6 is 0 Å². The molecule has 0 bridgehead atoms. The number of carbonyl (C=O) groups is 1. The summed E-state index contributed by atoms with van der Waals surface area (Å²) < 4.78 is 44.6. The molecule has 0 aliphatic heterocycles. The number of nitrogens with one attached hydrogen (secondary N) is 1. The molecule has 0 saturated carbocycles. The minimum atomic E-state index is -4.39. The lowest BCUT2D eigenvalue weighted by Crippen LogP contribution is -2.32. The number of nitrogens with zero attached hydrogens (tertiary/aromatic N) is 3. The molecule has 0 aliphatic rings. The van der Waals surface area contributed by atoms with Gasteiger partial charge in [-0.15, -0.1) is 0 Å². The van der Waals surface area contributed by atoms with Crippen molar-refractivity contribution in [3.05, 3.63) is 83.3 Å². The largest absolute Gasteiger partial charge is 0.447 e. The summed E-state index contributed by atoms with van der Waals surface area (Å²) in [6.07, 6.45) is 0.993. The Kier molecular flexibility index (Phi) is 7.63. The first-order chi connectivity index (χ1) is 15.3.